The maximum atomic E-state index is 14.1. The van der Waals surface area contributed by atoms with Crippen molar-refractivity contribution in [3.05, 3.63) is 87.7 Å². The van der Waals surface area contributed by atoms with Crippen molar-refractivity contribution in [1.82, 2.24) is 9.38 Å². The lowest BCUT2D eigenvalue weighted by Crippen LogP contribution is -2.15. The Bertz CT molecular complexity index is 1160. The Morgan fingerprint density at radius 2 is 1.71 bits per heavy atom. The van der Waals surface area contributed by atoms with Crippen LogP contribution in [-0.2, 0) is 0 Å². The van der Waals surface area contributed by atoms with Gasteiger partial charge in [-0.2, -0.15) is 0 Å². The number of halogens is 2. The van der Waals surface area contributed by atoms with Crippen molar-refractivity contribution in [3.63, 3.8) is 0 Å². The summed E-state index contributed by atoms with van der Waals surface area (Å²) in [6.07, 6.45) is 0. The molecule has 1 N–H and O–H groups in total. The van der Waals surface area contributed by atoms with Crippen LogP contribution in [0.25, 0.3) is 16.7 Å². The summed E-state index contributed by atoms with van der Waals surface area (Å²) in [5, 5.41) is 0. The molecular formula is C18H10F2N2O2. The number of carbonyl (C=O) groups is 1. The number of rotatable bonds is 2. The summed E-state index contributed by atoms with van der Waals surface area (Å²) in [6, 6.07) is 12.1. The molecule has 118 valence electrons. The van der Waals surface area contributed by atoms with Gasteiger partial charge in [-0.15, -0.1) is 0 Å². The van der Waals surface area contributed by atoms with Crippen LogP contribution in [0.1, 0.15) is 15.9 Å². The minimum absolute atomic E-state index is 0.0891. The van der Waals surface area contributed by atoms with Crippen LogP contribution in [0.2, 0.25) is 0 Å². The van der Waals surface area contributed by atoms with E-state index in [1.807, 2.05) is 0 Å². The van der Waals surface area contributed by atoms with Crippen LogP contribution in [0.15, 0.2) is 59.4 Å². The van der Waals surface area contributed by atoms with Gasteiger partial charge < -0.3 is 4.98 Å². The Morgan fingerprint density at radius 3 is 2.46 bits per heavy atom. The number of aromatic amines is 1. The lowest BCUT2D eigenvalue weighted by Gasteiger charge is -2.04. The van der Waals surface area contributed by atoms with E-state index < -0.39 is 17.2 Å². The molecule has 0 bridgehead atoms. The van der Waals surface area contributed by atoms with E-state index in [1.54, 1.807) is 6.07 Å². The summed E-state index contributed by atoms with van der Waals surface area (Å²) in [6.45, 7) is 0. The first kappa shape index (κ1) is 14.3. The second kappa shape index (κ2) is 5.13. The average molecular weight is 324 g/mol. The van der Waals surface area contributed by atoms with Gasteiger partial charge in [0.15, 0.2) is 5.78 Å². The molecule has 4 rings (SSSR count). The van der Waals surface area contributed by atoms with Gasteiger partial charge in [0.2, 0.25) is 0 Å². The first-order chi connectivity index (χ1) is 11.6. The van der Waals surface area contributed by atoms with Gasteiger partial charge in [0.05, 0.1) is 11.1 Å². The van der Waals surface area contributed by atoms with Gasteiger partial charge in [0.25, 0.3) is 5.56 Å². The second-order valence-electron chi connectivity index (χ2n) is 5.37. The van der Waals surface area contributed by atoms with E-state index in [9.17, 15) is 18.4 Å². The van der Waals surface area contributed by atoms with Crippen LogP contribution in [0, 0.1) is 11.6 Å². The van der Waals surface area contributed by atoms with Crippen LogP contribution in [0.4, 0.5) is 8.78 Å². The van der Waals surface area contributed by atoms with Gasteiger partial charge >= 0.3 is 0 Å². The number of fused-ring (bicyclic) bond motifs is 3. The highest BCUT2D eigenvalue weighted by molar-refractivity contribution is 6.13. The highest BCUT2D eigenvalue weighted by Crippen LogP contribution is 2.22. The van der Waals surface area contributed by atoms with Gasteiger partial charge in [-0.25, -0.2) is 8.78 Å². The molecule has 0 saturated heterocycles. The third kappa shape index (κ3) is 2.04. The zero-order chi connectivity index (χ0) is 16.8. The molecular weight excluding hydrogens is 314 g/mol. The number of nitrogens with one attached hydrogen (secondary N) is 1. The molecule has 0 aliphatic heterocycles. The smallest absolute Gasteiger partial charge is 0.256 e. The molecule has 0 radical (unpaired) electrons. The third-order valence-electron chi connectivity index (χ3n) is 3.91. The Morgan fingerprint density at radius 1 is 0.958 bits per heavy atom. The number of hydrogen-bond donors (Lipinski definition) is 1. The fourth-order valence-electron chi connectivity index (χ4n) is 2.79. The highest BCUT2D eigenvalue weighted by atomic mass is 19.1. The van der Waals surface area contributed by atoms with Crippen LogP contribution in [0.3, 0.4) is 0 Å². The molecule has 0 atom stereocenters. The van der Waals surface area contributed by atoms with Crippen LogP contribution in [0.5, 0.6) is 0 Å². The predicted molar refractivity (Wildman–Crippen MR) is 85.3 cm³/mol. The number of benzene rings is 2. The highest BCUT2D eigenvalue weighted by Gasteiger charge is 2.18. The average Bonchev–Trinajstić information content (AvgIpc) is 2.97. The summed E-state index contributed by atoms with van der Waals surface area (Å²) in [4.78, 5) is 27.8. The van der Waals surface area contributed by atoms with E-state index in [4.69, 9.17) is 0 Å². The van der Waals surface area contributed by atoms with E-state index in [1.165, 1.54) is 48.5 Å². The first-order valence-electron chi connectivity index (χ1n) is 7.18. The topological polar surface area (TPSA) is 54.3 Å². The van der Waals surface area contributed by atoms with Gasteiger partial charge in [0, 0.05) is 11.6 Å². The molecule has 0 aliphatic rings. The lowest BCUT2D eigenvalue weighted by molar-refractivity contribution is 0.103. The quantitative estimate of drug-likeness (QED) is 0.575. The van der Waals surface area contributed by atoms with Crippen molar-refractivity contribution in [2.45, 2.75) is 0 Å². The van der Waals surface area contributed by atoms with Gasteiger partial charge in [-0.3, -0.25) is 14.0 Å². The number of para-hydroxylation sites is 1. The van der Waals surface area contributed by atoms with Crippen molar-refractivity contribution < 1.29 is 13.6 Å². The van der Waals surface area contributed by atoms with Crippen LogP contribution in [-0.4, -0.2) is 15.2 Å². The van der Waals surface area contributed by atoms with E-state index in [0.29, 0.717) is 5.52 Å². The zero-order valence-corrected chi connectivity index (χ0v) is 12.2. The first-order valence-corrected chi connectivity index (χ1v) is 7.18. The number of imidazole rings is 1. The van der Waals surface area contributed by atoms with Gasteiger partial charge in [-0.05, 0) is 42.5 Å². The number of pyridine rings is 1. The Labute approximate surface area is 134 Å². The zero-order valence-electron chi connectivity index (χ0n) is 12.2. The van der Waals surface area contributed by atoms with Crippen molar-refractivity contribution in [2.24, 2.45) is 0 Å². The maximum absolute atomic E-state index is 14.1. The largest absolute Gasteiger partial charge is 0.339 e. The number of nitrogens with zero attached hydrogens (tertiary/aromatic N) is 1. The Hall–Kier alpha value is -3.28. The van der Waals surface area contributed by atoms with E-state index in [2.05, 4.69) is 4.98 Å². The van der Waals surface area contributed by atoms with Crippen LogP contribution >= 0.6 is 0 Å². The number of aromatic nitrogens is 2. The fraction of sp³-hybridized carbons (Fsp3) is 0. The molecule has 0 amide bonds. The molecule has 24 heavy (non-hydrogen) atoms. The molecule has 0 spiro atoms. The van der Waals surface area contributed by atoms with Crippen molar-refractivity contribution in [2.75, 3.05) is 0 Å². The SMILES string of the molecule is O=C(c1ccc(F)cc1)c1ccc(=O)n2c1[nH]c1cccc(F)c12. The molecule has 2 aromatic carbocycles. The molecule has 0 saturated carbocycles. The number of H-pyrrole nitrogens is 1. The minimum Gasteiger partial charge on any atom is -0.339 e. The van der Waals surface area contributed by atoms with Crippen molar-refractivity contribution >= 4 is 22.5 Å². The van der Waals surface area contributed by atoms with Gasteiger partial charge in [-0.1, -0.05) is 6.07 Å². The van der Waals surface area contributed by atoms with Crippen LogP contribution < -0.4 is 5.56 Å². The second-order valence-corrected chi connectivity index (χ2v) is 5.37. The molecule has 2 heterocycles. The molecule has 0 fully saturated rings. The fourth-order valence-corrected chi connectivity index (χ4v) is 2.79. The number of carbonyl (C=O) groups excluding carboxylic acids is 1. The predicted octanol–water partition coefficient (Wildman–Crippen LogP) is 3.29. The standard InChI is InChI=1S/C18H10F2N2O2/c19-11-6-4-10(5-7-11)17(24)12-8-9-15(23)22-16-13(20)2-1-3-14(16)21-18(12)22/h1-9,21H. The molecule has 4 aromatic rings. The van der Waals surface area contributed by atoms with Gasteiger partial charge in [0.1, 0.15) is 22.8 Å². The van der Waals surface area contributed by atoms with E-state index >= 15 is 0 Å². The van der Waals surface area contributed by atoms with E-state index in [-0.39, 0.29) is 28.1 Å². The normalized spacial score (nSPS) is 11.2. The maximum Gasteiger partial charge on any atom is 0.256 e. The Kier molecular flexibility index (Phi) is 3.06. The molecule has 2 aromatic heterocycles. The molecule has 0 aliphatic carbocycles. The summed E-state index contributed by atoms with van der Waals surface area (Å²) >= 11 is 0. The number of ketones is 1. The molecule has 4 nitrogen and oxygen atoms in total. The minimum atomic E-state index is -0.563. The van der Waals surface area contributed by atoms with Crippen molar-refractivity contribution in [1.29, 1.82) is 0 Å². The lowest BCUT2D eigenvalue weighted by atomic mass is 10.0. The van der Waals surface area contributed by atoms with Crippen molar-refractivity contribution in [3.8, 4) is 0 Å². The summed E-state index contributed by atoms with van der Waals surface area (Å²) in [5.41, 5.74) is 0.736. The summed E-state index contributed by atoms with van der Waals surface area (Å²) in [5.74, 6) is -1.40. The summed E-state index contributed by atoms with van der Waals surface area (Å²) in [7, 11) is 0. The summed E-state index contributed by atoms with van der Waals surface area (Å²) < 4.78 is 28.3. The molecule has 0 unspecified atom stereocenters. The number of hydrogen-bond acceptors (Lipinski definition) is 2. The Balaban J connectivity index is 2.03. The molecule has 6 heteroatoms. The monoisotopic (exact) mass is 324 g/mol. The third-order valence-corrected chi connectivity index (χ3v) is 3.91. The van der Waals surface area contributed by atoms with E-state index in [0.717, 1.165) is 4.40 Å².